The van der Waals surface area contributed by atoms with Crippen molar-refractivity contribution in [1.82, 2.24) is 9.88 Å². The fourth-order valence-corrected chi connectivity index (χ4v) is 5.79. The number of carbonyl (C=O) groups excluding carboxylic acids is 1. The molecule has 2 aliphatic rings. The molecule has 1 aromatic heterocycles. The minimum Gasteiger partial charge on any atom is -0.381 e. The molecule has 0 aliphatic carbocycles. The lowest BCUT2D eigenvalue weighted by Gasteiger charge is -2.40. The summed E-state index contributed by atoms with van der Waals surface area (Å²) >= 11 is 0. The summed E-state index contributed by atoms with van der Waals surface area (Å²) in [6.45, 7) is 2.68. The molecule has 1 atom stereocenters. The van der Waals surface area contributed by atoms with Gasteiger partial charge in [0.2, 0.25) is 5.91 Å². The quantitative estimate of drug-likeness (QED) is 0.499. The molecule has 5 heteroatoms. The Labute approximate surface area is 201 Å². The first-order valence-corrected chi connectivity index (χ1v) is 12.6. The van der Waals surface area contributed by atoms with Gasteiger partial charge in [-0.05, 0) is 80.2 Å². The molecule has 2 aromatic carbocycles. The van der Waals surface area contributed by atoms with Gasteiger partial charge in [0.05, 0.1) is 10.9 Å². The number of pyridine rings is 1. The van der Waals surface area contributed by atoms with E-state index < -0.39 is 5.41 Å². The van der Waals surface area contributed by atoms with Gasteiger partial charge in [-0.3, -0.25) is 9.78 Å². The number of para-hydroxylation sites is 1. The average Bonchev–Trinajstić information content (AvgIpc) is 3.11. The lowest BCUT2D eigenvalue weighted by atomic mass is 9.74. The van der Waals surface area contributed by atoms with Gasteiger partial charge in [0.1, 0.15) is 5.82 Å². The van der Waals surface area contributed by atoms with E-state index >= 15 is 0 Å². The number of amides is 1. The lowest BCUT2D eigenvalue weighted by molar-refractivity contribution is -0.148. The van der Waals surface area contributed by atoms with Crippen molar-refractivity contribution in [2.24, 2.45) is 11.3 Å². The molecule has 2 fully saturated rings. The third-order valence-corrected chi connectivity index (χ3v) is 7.77. The second-order valence-electron chi connectivity index (χ2n) is 9.94. The summed E-state index contributed by atoms with van der Waals surface area (Å²) in [5.41, 5.74) is 2.45. The van der Waals surface area contributed by atoms with Crippen LogP contribution in [0.3, 0.4) is 0 Å². The number of rotatable bonds is 5. The highest BCUT2D eigenvalue weighted by molar-refractivity contribution is 5.83. The van der Waals surface area contributed by atoms with Crippen LogP contribution >= 0.6 is 0 Å². The number of fused-ring (bicyclic) bond motifs is 1. The molecule has 0 spiro atoms. The molecule has 0 radical (unpaired) electrons. The Morgan fingerprint density at radius 2 is 1.79 bits per heavy atom. The molecule has 4 nitrogen and oxygen atoms in total. The first kappa shape index (κ1) is 23.0. The number of nitrogens with zero attached hydrogens (tertiary/aromatic N) is 2. The van der Waals surface area contributed by atoms with Crippen molar-refractivity contribution in [3.63, 3.8) is 0 Å². The summed E-state index contributed by atoms with van der Waals surface area (Å²) in [5.74, 6) is 0.511. The molecule has 34 heavy (non-hydrogen) atoms. The van der Waals surface area contributed by atoms with E-state index in [0.717, 1.165) is 44.3 Å². The highest BCUT2D eigenvalue weighted by Gasteiger charge is 2.43. The standard InChI is InChI=1S/C29H33FN2O2/c30-26-9-3-1-7-24(26)21-29(13-18-34-19-14-29)28(33)32-16-5-6-22(12-17-32)20-23-11-15-31-27-10-4-2-8-25(23)27/h1-4,7-11,15,22H,5-6,12-14,16-21H2. The van der Waals surface area contributed by atoms with Crippen LogP contribution in [-0.2, 0) is 22.4 Å². The molecule has 3 aromatic rings. The van der Waals surface area contributed by atoms with E-state index in [1.165, 1.54) is 17.0 Å². The molecule has 2 saturated heterocycles. The number of halogens is 1. The van der Waals surface area contributed by atoms with Crippen molar-refractivity contribution >= 4 is 16.8 Å². The summed E-state index contributed by atoms with van der Waals surface area (Å²) in [5, 5.41) is 1.23. The van der Waals surface area contributed by atoms with Crippen LogP contribution in [-0.4, -0.2) is 42.1 Å². The molecule has 1 unspecified atom stereocenters. The topological polar surface area (TPSA) is 42.4 Å². The van der Waals surface area contributed by atoms with E-state index in [2.05, 4.69) is 34.1 Å². The summed E-state index contributed by atoms with van der Waals surface area (Å²) in [4.78, 5) is 20.5. The maximum atomic E-state index is 14.5. The van der Waals surface area contributed by atoms with Crippen molar-refractivity contribution in [1.29, 1.82) is 0 Å². The van der Waals surface area contributed by atoms with Gasteiger partial charge in [0.25, 0.3) is 0 Å². The number of carbonyl (C=O) groups is 1. The summed E-state index contributed by atoms with van der Waals surface area (Å²) in [7, 11) is 0. The van der Waals surface area contributed by atoms with Crippen LogP contribution in [0.2, 0.25) is 0 Å². The number of likely N-dealkylation sites (tertiary alicyclic amines) is 1. The third-order valence-electron chi connectivity index (χ3n) is 7.77. The van der Waals surface area contributed by atoms with E-state index in [-0.39, 0.29) is 11.7 Å². The molecule has 178 valence electrons. The Hall–Kier alpha value is -2.79. The average molecular weight is 461 g/mol. The van der Waals surface area contributed by atoms with E-state index in [1.54, 1.807) is 6.07 Å². The van der Waals surface area contributed by atoms with Crippen LogP contribution in [0.1, 0.15) is 43.2 Å². The minimum absolute atomic E-state index is 0.189. The highest BCUT2D eigenvalue weighted by Crippen LogP contribution is 2.38. The predicted octanol–water partition coefficient (Wildman–Crippen LogP) is 5.58. The SMILES string of the molecule is O=C(N1CCCC(Cc2ccnc3ccccc23)CC1)C1(Cc2ccccc2F)CCOCC1. The fraction of sp³-hybridized carbons (Fsp3) is 0.448. The summed E-state index contributed by atoms with van der Waals surface area (Å²) in [6.07, 6.45) is 7.79. The molecule has 0 bridgehead atoms. The maximum Gasteiger partial charge on any atom is 0.229 e. The van der Waals surface area contributed by atoms with Crippen molar-refractivity contribution in [3.05, 3.63) is 77.7 Å². The Morgan fingerprint density at radius 1 is 1.00 bits per heavy atom. The largest absolute Gasteiger partial charge is 0.381 e. The summed E-state index contributed by atoms with van der Waals surface area (Å²) < 4.78 is 20.1. The first-order chi connectivity index (χ1) is 16.6. The second-order valence-corrected chi connectivity index (χ2v) is 9.94. The molecule has 0 saturated carbocycles. The molecular formula is C29H33FN2O2. The number of hydrogen-bond acceptors (Lipinski definition) is 3. The van der Waals surface area contributed by atoms with E-state index in [4.69, 9.17) is 4.74 Å². The third kappa shape index (κ3) is 4.85. The fourth-order valence-electron chi connectivity index (χ4n) is 5.79. The second kappa shape index (κ2) is 10.2. The van der Waals surface area contributed by atoms with Gasteiger partial charge in [-0.2, -0.15) is 0 Å². The first-order valence-electron chi connectivity index (χ1n) is 12.6. The van der Waals surface area contributed by atoms with Crippen molar-refractivity contribution in [2.45, 2.75) is 44.9 Å². The van der Waals surface area contributed by atoms with Crippen LogP contribution < -0.4 is 0 Å². The number of ether oxygens (including phenoxy) is 1. The van der Waals surface area contributed by atoms with Crippen molar-refractivity contribution in [2.75, 3.05) is 26.3 Å². The molecule has 3 heterocycles. The zero-order valence-electron chi connectivity index (χ0n) is 19.7. The Bertz CT molecular complexity index is 1140. The van der Waals surface area contributed by atoms with Gasteiger partial charge in [-0.1, -0.05) is 36.4 Å². The van der Waals surface area contributed by atoms with Crippen LogP contribution in [0.15, 0.2) is 60.8 Å². The molecule has 2 aliphatic heterocycles. The Morgan fingerprint density at radius 3 is 2.65 bits per heavy atom. The Kier molecular flexibility index (Phi) is 6.91. The van der Waals surface area contributed by atoms with Crippen molar-refractivity contribution in [3.8, 4) is 0 Å². The van der Waals surface area contributed by atoms with Crippen LogP contribution in [0.5, 0.6) is 0 Å². The van der Waals surface area contributed by atoms with E-state index in [9.17, 15) is 9.18 Å². The van der Waals surface area contributed by atoms with Gasteiger partial charge in [0.15, 0.2) is 0 Å². The van der Waals surface area contributed by atoms with Gasteiger partial charge in [-0.25, -0.2) is 4.39 Å². The van der Waals surface area contributed by atoms with Crippen LogP contribution in [0.4, 0.5) is 4.39 Å². The summed E-state index contributed by atoms with van der Waals surface area (Å²) in [6, 6.07) is 17.3. The van der Waals surface area contributed by atoms with Gasteiger partial charge >= 0.3 is 0 Å². The van der Waals surface area contributed by atoms with E-state index in [1.807, 2.05) is 24.4 Å². The van der Waals surface area contributed by atoms with Crippen molar-refractivity contribution < 1.29 is 13.9 Å². The monoisotopic (exact) mass is 460 g/mol. The van der Waals surface area contributed by atoms with Crippen LogP contribution in [0, 0.1) is 17.2 Å². The minimum atomic E-state index is -0.568. The molecule has 0 N–H and O–H groups in total. The van der Waals surface area contributed by atoms with Gasteiger partial charge in [0, 0.05) is 37.9 Å². The zero-order valence-corrected chi connectivity index (χ0v) is 19.7. The maximum absolute atomic E-state index is 14.5. The van der Waals surface area contributed by atoms with Gasteiger partial charge < -0.3 is 9.64 Å². The van der Waals surface area contributed by atoms with Gasteiger partial charge in [-0.15, -0.1) is 0 Å². The molecule has 1 amide bonds. The molecule has 5 rings (SSSR count). The normalized spacial score (nSPS) is 20.7. The number of aromatic nitrogens is 1. The predicted molar refractivity (Wildman–Crippen MR) is 132 cm³/mol. The smallest absolute Gasteiger partial charge is 0.229 e. The zero-order chi connectivity index (χ0) is 23.4. The highest BCUT2D eigenvalue weighted by atomic mass is 19.1. The van der Waals surface area contributed by atoms with E-state index in [0.29, 0.717) is 44.0 Å². The molecular weight excluding hydrogens is 427 g/mol. The lowest BCUT2D eigenvalue weighted by Crippen LogP contribution is -2.48. The van der Waals surface area contributed by atoms with Crippen LogP contribution in [0.25, 0.3) is 10.9 Å². The Balaban J connectivity index is 1.30. The number of hydrogen-bond donors (Lipinski definition) is 0. The number of benzene rings is 2.